The van der Waals surface area contributed by atoms with E-state index < -0.39 is 5.82 Å². The fourth-order valence-corrected chi connectivity index (χ4v) is 3.90. The zero-order chi connectivity index (χ0) is 22.1. The number of ether oxygens (including phenoxy) is 2. The van der Waals surface area contributed by atoms with Gasteiger partial charge in [0.05, 0.1) is 13.2 Å². The van der Waals surface area contributed by atoms with Gasteiger partial charge in [0.15, 0.2) is 23.1 Å². The van der Waals surface area contributed by atoms with Gasteiger partial charge in [-0.25, -0.2) is 8.78 Å². The zero-order valence-electron chi connectivity index (χ0n) is 18.8. The normalized spacial score (nSPS) is 11.4. The molecular weight excluding hydrogens is 394 g/mol. The number of hydrogen-bond acceptors (Lipinski definition) is 2. The molecule has 0 radical (unpaired) electrons. The second-order valence-electron chi connectivity index (χ2n) is 8.18. The van der Waals surface area contributed by atoms with Gasteiger partial charge in [-0.3, -0.25) is 0 Å². The molecule has 0 N–H and O–H groups in total. The summed E-state index contributed by atoms with van der Waals surface area (Å²) in [5.74, 6) is -0.269. The maximum absolute atomic E-state index is 15.1. The SMILES string of the molecule is CCCCCCCCCOc1ccc2c(ccc3c(F)c(OCCCC)ccc32)c1F. The molecule has 4 heteroatoms. The highest BCUT2D eigenvalue weighted by atomic mass is 19.1. The Bertz CT molecular complexity index is 984. The van der Waals surface area contributed by atoms with Crippen molar-refractivity contribution in [3.05, 3.63) is 48.0 Å². The van der Waals surface area contributed by atoms with Gasteiger partial charge in [0, 0.05) is 10.8 Å². The van der Waals surface area contributed by atoms with Crippen LogP contribution in [-0.2, 0) is 0 Å². The van der Waals surface area contributed by atoms with E-state index in [1.54, 1.807) is 30.3 Å². The number of rotatable bonds is 13. The fourth-order valence-electron chi connectivity index (χ4n) is 3.90. The molecule has 0 spiro atoms. The van der Waals surface area contributed by atoms with Crippen LogP contribution in [0.25, 0.3) is 21.5 Å². The highest BCUT2D eigenvalue weighted by molar-refractivity contribution is 6.08. The van der Waals surface area contributed by atoms with Gasteiger partial charge >= 0.3 is 0 Å². The molecular formula is C27H34F2O2. The third-order valence-corrected chi connectivity index (χ3v) is 5.76. The highest BCUT2D eigenvalue weighted by Crippen LogP contribution is 2.35. The van der Waals surface area contributed by atoms with Gasteiger partial charge in [-0.15, -0.1) is 0 Å². The first-order valence-corrected chi connectivity index (χ1v) is 11.8. The van der Waals surface area contributed by atoms with E-state index in [0.717, 1.165) is 25.7 Å². The summed E-state index contributed by atoms with van der Waals surface area (Å²) in [5.41, 5.74) is 0. The third kappa shape index (κ3) is 5.87. The number of hydrogen-bond donors (Lipinski definition) is 0. The van der Waals surface area contributed by atoms with Crippen molar-refractivity contribution >= 4 is 21.5 Å². The van der Waals surface area contributed by atoms with Crippen LogP contribution in [0.2, 0.25) is 0 Å². The van der Waals surface area contributed by atoms with E-state index in [1.165, 1.54) is 32.1 Å². The molecule has 3 aromatic rings. The summed E-state index contributed by atoms with van der Waals surface area (Å²) in [4.78, 5) is 0. The van der Waals surface area contributed by atoms with Crippen LogP contribution in [0.3, 0.4) is 0 Å². The molecule has 0 heterocycles. The van der Waals surface area contributed by atoms with Crippen molar-refractivity contribution < 1.29 is 18.3 Å². The summed E-state index contributed by atoms with van der Waals surface area (Å²) in [6, 6.07) is 10.2. The molecule has 0 fully saturated rings. The van der Waals surface area contributed by atoms with Crippen LogP contribution in [0.1, 0.15) is 71.6 Å². The average Bonchev–Trinajstić information content (AvgIpc) is 2.78. The van der Waals surface area contributed by atoms with Crippen molar-refractivity contribution in [3.8, 4) is 11.5 Å². The molecule has 3 aromatic carbocycles. The predicted octanol–water partition coefficient (Wildman–Crippen LogP) is 8.58. The number of benzene rings is 3. The molecule has 31 heavy (non-hydrogen) atoms. The van der Waals surface area contributed by atoms with Gasteiger partial charge in [-0.2, -0.15) is 0 Å². The molecule has 168 valence electrons. The molecule has 3 rings (SSSR count). The van der Waals surface area contributed by atoms with Crippen molar-refractivity contribution in [2.75, 3.05) is 13.2 Å². The molecule has 0 bridgehead atoms. The van der Waals surface area contributed by atoms with Gasteiger partial charge in [-0.1, -0.05) is 70.9 Å². The Kier molecular flexibility index (Phi) is 8.93. The minimum atomic E-state index is -0.393. The molecule has 0 aromatic heterocycles. The van der Waals surface area contributed by atoms with E-state index in [4.69, 9.17) is 9.47 Å². The van der Waals surface area contributed by atoms with Gasteiger partial charge in [0.2, 0.25) is 0 Å². The smallest absolute Gasteiger partial charge is 0.172 e. The Morgan fingerprint density at radius 2 is 0.935 bits per heavy atom. The van der Waals surface area contributed by atoms with E-state index >= 15 is 4.39 Å². The summed E-state index contributed by atoms with van der Waals surface area (Å²) >= 11 is 0. The van der Waals surface area contributed by atoms with Gasteiger partial charge in [0.1, 0.15) is 0 Å². The van der Waals surface area contributed by atoms with Crippen LogP contribution in [0, 0.1) is 11.6 Å². The van der Waals surface area contributed by atoms with Crippen molar-refractivity contribution in [1.82, 2.24) is 0 Å². The second-order valence-corrected chi connectivity index (χ2v) is 8.18. The highest BCUT2D eigenvalue weighted by Gasteiger charge is 2.15. The molecule has 2 nitrogen and oxygen atoms in total. The maximum Gasteiger partial charge on any atom is 0.172 e. The minimum Gasteiger partial charge on any atom is -0.490 e. The van der Waals surface area contributed by atoms with Crippen LogP contribution >= 0.6 is 0 Å². The van der Waals surface area contributed by atoms with Crippen LogP contribution < -0.4 is 9.47 Å². The Morgan fingerprint density at radius 3 is 1.45 bits per heavy atom. The van der Waals surface area contributed by atoms with Crippen molar-refractivity contribution in [3.63, 3.8) is 0 Å². The van der Waals surface area contributed by atoms with Crippen molar-refractivity contribution in [2.45, 2.75) is 71.6 Å². The molecule has 0 aliphatic rings. The Labute approximate surface area is 184 Å². The number of unbranched alkanes of at least 4 members (excludes halogenated alkanes) is 7. The van der Waals surface area contributed by atoms with E-state index in [1.807, 2.05) is 6.07 Å². The van der Waals surface area contributed by atoms with E-state index in [9.17, 15) is 4.39 Å². The summed E-state index contributed by atoms with van der Waals surface area (Å²) in [7, 11) is 0. The average molecular weight is 429 g/mol. The van der Waals surface area contributed by atoms with Crippen LogP contribution in [0.4, 0.5) is 8.78 Å². The molecule has 0 amide bonds. The lowest BCUT2D eigenvalue weighted by atomic mass is 10.0. The molecule has 0 aliphatic heterocycles. The van der Waals surface area contributed by atoms with Crippen molar-refractivity contribution in [1.29, 1.82) is 0 Å². The summed E-state index contributed by atoms with van der Waals surface area (Å²) in [6.07, 6.45) is 10.2. The van der Waals surface area contributed by atoms with E-state index in [2.05, 4.69) is 13.8 Å². The first kappa shape index (κ1) is 23.3. The Morgan fingerprint density at radius 1 is 0.516 bits per heavy atom. The van der Waals surface area contributed by atoms with E-state index in [0.29, 0.717) is 34.8 Å². The quantitative estimate of drug-likeness (QED) is 0.200. The standard InChI is InChI=1S/C27H34F2O2/c1-3-5-7-8-9-10-11-19-31-25-17-15-21-20-14-16-24(30-18-6-4-2)26(28)22(20)12-13-23(21)27(25)29/h12-17H,3-11,18-19H2,1-2H3. The summed E-state index contributed by atoms with van der Waals surface area (Å²) < 4.78 is 41.2. The topological polar surface area (TPSA) is 18.5 Å². The summed E-state index contributed by atoms with van der Waals surface area (Å²) in [5, 5.41) is 2.24. The Balaban J connectivity index is 1.69. The van der Waals surface area contributed by atoms with Crippen LogP contribution in [-0.4, -0.2) is 13.2 Å². The van der Waals surface area contributed by atoms with Crippen LogP contribution in [0.15, 0.2) is 36.4 Å². The van der Waals surface area contributed by atoms with Gasteiger partial charge in [0.25, 0.3) is 0 Å². The number of fused-ring (bicyclic) bond motifs is 3. The monoisotopic (exact) mass is 428 g/mol. The largest absolute Gasteiger partial charge is 0.490 e. The van der Waals surface area contributed by atoms with Gasteiger partial charge < -0.3 is 9.47 Å². The Hall–Kier alpha value is -2.36. The minimum absolute atomic E-state index is 0.246. The molecule has 0 unspecified atom stereocenters. The first-order valence-electron chi connectivity index (χ1n) is 11.8. The lowest BCUT2D eigenvalue weighted by molar-refractivity contribution is 0.291. The summed E-state index contributed by atoms with van der Waals surface area (Å²) in [6.45, 7) is 5.27. The van der Waals surface area contributed by atoms with Crippen molar-refractivity contribution in [2.24, 2.45) is 0 Å². The van der Waals surface area contributed by atoms with E-state index in [-0.39, 0.29) is 17.3 Å². The lowest BCUT2D eigenvalue weighted by Gasteiger charge is -2.13. The first-order chi connectivity index (χ1) is 15.2. The predicted molar refractivity (Wildman–Crippen MR) is 125 cm³/mol. The maximum atomic E-state index is 15.1. The zero-order valence-corrected chi connectivity index (χ0v) is 18.8. The van der Waals surface area contributed by atoms with Gasteiger partial charge in [-0.05, 0) is 47.9 Å². The number of halogens is 2. The molecule has 0 saturated heterocycles. The lowest BCUT2D eigenvalue weighted by Crippen LogP contribution is -2.00. The molecule has 0 aliphatic carbocycles. The third-order valence-electron chi connectivity index (χ3n) is 5.76. The fraction of sp³-hybridized carbons (Fsp3) is 0.481. The molecule has 0 saturated carbocycles. The second kappa shape index (κ2) is 11.9. The van der Waals surface area contributed by atoms with Crippen LogP contribution in [0.5, 0.6) is 11.5 Å². The molecule has 0 atom stereocenters.